The van der Waals surface area contributed by atoms with Crippen LogP contribution < -0.4 is 0 Å². The van der Waals surface area contributed by atoms with Crippen LogP contribution in [0.5, 0.6) is 0 Å². The van der Waals surface area contributed by atoms with Crippen molar-refractivity contribution in [1.82, 2.24) is 9.80 Å². The summed E-state index contributed by atoms with van der Waals surface area (Å²) < 4.78 is 30.1. The maximum atomic E-state index is 12.1. The van der Waals surface area contributed by atoms with Crippen LogP contribution in [0.1, 0.15) is 54.4 Å². The zero-order valence-electron chi connectivity index (χ0n) is 24.3. The maximum absolute atomic E-state index is 12.1. The number of carbonyl (C=O) groups excluding carboxylic acids is 4. The molecule has 2 aliphatic heterocycles. The first kappa shape index (κ1) is 33.0. The van der Waals surface area contributed by atoms with E-state index in [4.69, 9.17) is 28.4 Å². The van der Waals surface area contributed by atoms with E-state index in [1.54, 1.807) is 54.9 Å². The molecule has 1 unspecified atom stereocenters. The van der Waals surface area contributed by atoms with Crippen molar-refractivity contribution >= 4 is 24.1 Å². The van der Waals surface area contributed by atoms with Gasteiger partial charge in [-0.05, 0) is 53.5 Å². The molecule has 12 nitrogen and oxygen atoms in total. The van der Waals surface area contributed by atoms with Crippen molar-refractivity contribution in [2.75, 3.05) is 48.1 Å². The van der Waals surface area contributed by atoms with Crippen molar-refractivity contribution in [3.05, 3.63) is 11.8 Å². The Balaban J connectivity index is 0.000000380. The lowest BCUT2D eigenvalue weighted by atomic mass is 10.1. The van der Waals surface area contributed by atoms with E-state index >= 15 is 0 Å². The molecule has 3 atom stereocenters. The quantitative estimate of drug-likeness (QED) is 0.289. The molecule has 12 heteroatoms. The van der Waals surface area contributed by atoms with Crippen molar-refractivity contribution in [2.45, 2.75) is 77.7 Å². The molecule has 0 spiro atoms. The van der Waals surface area contributed by atoms with E-state index in [2.05, 4.69) is 0 Å². The van der Waals surface area contributed by atoms with Crippen molar-refractivity contribution in [1.29, 1.82) is 0 Å². The van der Waals surface area contributed by atoms with Crippen LogP contribution in [0, 0.1) is 5.92 Å². The van der Waals surface area contributed by atoms with Crippen LogP contribution in [-0.4, -0.2) is 105 Å². The van der Waals surface area contributed by atoms with Crippen LogP contribution in [0.15, 0.2) is 11.8 Å². The Bertz CT molecular complexity index is 859. The van der Waals surface area contributed by atoms with Gasteiger partial charge in [-0.15, -0.1) is 0 Å². The second kappa shape index (κ2) is 14.2. The maximum Gasteiger partial charge on any atom is 0.411 e. The second-order valence-corrected chi connectivity index (χ2v) is 11.1. The van der Waals surface area contributed by atoms with Gasteiger partial charge in [-0.2, -0.15) is 0 Å². The number of ether oxygens (including phenoxy) is 6. The summed E-state index contributed by atoms with van der Waals surface area (Å²) in [6.07, 6.45) is 1.48. The number of rotatable bonds is 5. The number of nitrogens with zero attached hydrogens (tertiary/aromatic N) is 2. The van der Waals surface area contributed by atoms with Crippen molar-refractivity contribution < 1.29 is 47.6 Å². The standard InChI is InChI=1S/C13H23NO5.C13H21NO5/c2*1-13(2,3)19-12(16)14-7-9(8-17-4)6-10(14)11(15)18-5/h9-10H,6-8H2,1-5H3;8,10H,6-7H2,1-5H3/b;9-8-/t9?,10-;10-/m00/s1. The Kier molecular flexibility index (Phi) is 12.4. The number of carbonyl (C=O) groups is 4. The summed E-state index contributed by atoms with van der Waals surface area (Å²) in [5.74, 6) is -0.739. The highest BCUT2D eigenvalue weighted by atomic mass is 16.6. The van der Waals surface area contributed by atoms with Crippen LogP contribution in [0.3, 0.4) is 0 Å². The van der Waals surface area contributed by atoms with Gasteiger partial charge in [-0.1, -0.05) is 0 Å². The molecule has 0 radical (unpaired) electrons. The number of likely N-dealkylation sites (tertiary alicyclic amines) is 2. The van der Waals surface area contributed by atoms with Crippen LogP contribution in [-0.2, 0) is 38.0 Å². The van der Waals surface area contributed by atoms with Gasteiger partial charge in [-0.25, -0.2) is 19.2 Å². The number of esters is 2. The highest BCUT2D eigenvalue weighted by Gasteiger charge is 2.42. The Morgan fingerprint density at radius 2 is 1.32 bits per heavy atom. The summed E-state index contributed by atoms with van der Waals surface area (Å²) in [6, 6.07) is -1.23. The lowest BCUT2D eigenvalue weighted by Crippen LogP contribution is -2.43. The molecule has 2 heterocycles. The molecule has 0 aromatic carbocycles. The molecule has 2 amide bonds. The summed E-state index contributed by atoms with van der Waals surface area (Å²) in [7, 11) is 5.74. The molecule has 0 aliphatic carbocycles. The first-order valence-electron chi connectivity index (χ1n) is 12.4. The van der Waals surface area contributed by atoms with E-state index in [0.717, 1.165) is 5.57 Å². The highest BCUT2D eigenvalue weighted by Crippen LogP contribution is 2.27. The van der Waals surface area contributed by atoms with Crippen LogP contribution in [0.25, 0.3) is 0 Å². The zero-order chi connectivity index (χ0) is 29.3. The summed E-state index contributed by atoms with van der Waals surface area (Å²) in [5.41, 5.74) is -0.341. The molecular weight excluding hydrogens is 500 g/mol. The van der Waals surface area contributed by atoms with Gasteiger partial charge in [0.2, 0.25) is 0 Å². The Labute approximate surface area is 225 Å². The van der Waals surface area contributed by atoms with Crippen molar-refractivity contribution in [3.8, 4) is 0 Å². The molecule has 0 aromatic heterocycles. The summed E-state index contributed by atoms with van der Waals surface area (Å²) in [5, 5.41) is 0. The van der Waals surface area contributed by atoms with E-state index in [0.29, 0.717) is 32.5 Å². The molecule has 0 saturated carbocycles. The number of methoxy groups -OCH3 is 4. The van der Waals surface area contributed by atoms with Gasteiger partial charge in [0.05, 0.1) is 34.2 Å². The van der Waals surface area contributed by atoms with E-state index < -0.39 is 47.4 Å². The van der Waals surface area contributed by atoms with Crippen molar-refractivity contribution in [2.24, 2.45) is 5.92 Å². The smallest absolute Gasteiger partial charge is 0.411 e. The van der Waals surface area contributed by atoms with Gasteiger partial charge >= 0.3 is 24.1 Å². The van der Waals surface area contributed by atoms with Crippen LogP contribution in [0.4, 0.5) is 9.59 Å². The lowest BCUT2D eigenvalue weighted by molar-refractivity contribution is -0.146. The molecule has 2 rings (SSSR count). The monoisotopic (exact) mass is 544 g/mol. The first-order valence-corrected chi connectivity index (χ1v) is 12.4. The molecular formula is C26H44N2O10. The van der Waals surface area contributed by atoms with Gasteiger partial charge in [0.15, 0.2) is 0 Å². The minimum absolute atomic E-state index is 0.126. The van der Waals surface area contributed by atoms with E-state index in [9.17, 15) is 19.2 Å². The fourth-order valence-electron chi connectivity index (χ4n) is 4.02. The first-order chi connectivity index (χ1) is 17.6. The summed E-state index contributed by atoms with van der Waals surface area (Å²) in [4.78, 5) is 50.4. The van der Waals surface area contributed by atoms with E-state index in [-0.39, 0.29) is 5.92 Å². The Morgan fingerprint density at radius 1 is 0.816 bits per heavy atom. The van der Waals surface area contributed by atoms with E-state index in [1.807, 2.05) is 0 Å². The fraction of sp³-hybridized carbons (Fsp3) is 0.769. The summed E-state index contributed by atoms with van der Waals surface area (Å²) in [6.45, 7) is 12.0. The fourth-order valence-corrected chi connectivity index (χ4v) is 4.02. The number of hydrogen-bond acceptors (Lipinski definition) is 10. The molecule has 218 valence electrons. The van der Waals surface area contributed by atoms with Gasteiger partial charge in [0.1, 0.15) is 23.3 Å². The largest absolute Gasteiger partial charge is 0.504 e. The number of hydrogen-bond donors (Lipinski definition) is 0. The lowest BCUT2D eigenvalue weighted by Gasteiger charge is -2.27. The van der Waals surface area contributed by atoms with Crippen LogP contribution >= 0.6 is 0 Å². The summed E-state index contributed by atoms with van der Waals surface area (Å²) >= 11 is 0. The molecule has 2 fully saturated rings. The van der Waals surface area contributed by atoms with Crippen LogP contribution in [0.2, 0.25) is 0 Å². The Hall–Kier alpha value is -3.02. The predicted molar refractivity (Wildman–Crippen MR) is 137 cm³/mol. The molecule has 2 saturated heterocycles. The minimum atomic E-state index is -0.652. The average Bonchev–Trinajstić information content (AvgIpc) is 3.41. The van der Waals surface area contributed by atoms with Gasteiger partial charge in [0, 0.05) is 32.5 Å². The third-order valence-corrected chi connectivity index (χ3v) is 5.48. The molecule has 0 aromatic rings. The average molecular weight is 545 g/mol. The normalized spacial score (nSPS) is 22.4. The van der Waals surface area contributed by atoms with Gasteiger partial charge in [0.25, 0.3) is 0 Å². The minimum Gasteiger partial charge on any atom is -0.504 e. The zero-order valence-corrected chi connectivity index (χ0v) is 24.3. The van der Waals surface area contributed by atoms with E-state index in [1.165, 1.54) is 31.1 Å². The van der Waals surface area contributed by atoms with Crippen molar-refractivity contribution in [3.63, 3.8) is 0 Å². The Morgan fingerprint density at radius 3 is 1.76 bits per heavy atom. The van der Waals surface area contributed by atoms with Gasteiger partial charge in [-0.3, -0.25) is 9.80 Å². The third-order valence-electron chi connectivity index (χ3n) is 5.48. The highest BCUT2D eigenvalue weighted by molar-refractivity contribution is 5.83. The molecule has 0 N–H and O–H groups in total. The molecule has 0 bridgehead atoms. The second-order valence-electron chi connectivity index (χ2n) is 11.1. The van der Waals surface area contributed by atoms with Gasteiger partial charge < -0.3 is 28.4 Å². The molecule has 2 aliphatic rings. The topological polar surface area (TPSA) is 130 Å². The third kappa shape index (κ3) is 10.4. The SMILES string of the molecule is CO/C=C1/C[C@@H](C(=O)OC)N(C(=O)OC(C)(C)C)C1.COCC1C[C@@H](C(=O)OC)N(C(=O)OC(C)(C)C)C1. The molecule has 38 heavy (non-hydrogen) atoms. The predicted octanol–water partition coefficient (Wildman–Crippen LogP) is 3.13. The number of amides is 2.